The number of nitrogens with one attached hydrogen (secondary N) is 1. The van der Waals surface area contributed by atoms with Gasteiger partial charge in [-0.1, -0.05) is 19.1 Å². The van der Waals surface area contributed by atoms with Crippen molar-refractivity contribution in [3.8, 4) is 5.69 Å². The minimum absolute atomic E-state index is 0.733. The first kappa shape index (κ1) is 12.9. The molecular weight excluding hydrogens is 302 g/mol. The Kier molecular flexibility index (Phi) is 3.71. The predicted molar refractivity (Wildman–Crippen MR) is 80.5 cm³/mol. The molecule has 1 saturated carbocycles. The molecule has 0 spiro atoms. The molecule has 3 nitrogen and oxygen atoms in total. The summed E-state index contributed by atoms with van der Waals surface area (Å²) in [5.74, 6) is 0. The zero-order chi connectivity index (χ0) is 13.2. The third kappa shape index (κ3) is 2.74. The number of para-hydroxylation sites is 1. The van der Waals surface area contributed by atoms with E-state index in [4.69, 9.17) is 0 Å². The number of nitrogens with zero attached hydrogens (tertiary/aromatic N) is 2. The third-order valence-corrected chi connectivity index (χ3v) is 4.20. The van der Waals surface area contributed by atoms with Crippen LogP contribution in [0, 0.1) is 0 Å². The summed E-state index contributed by atoms with van der Waals surface area (Å²) in [5.41, 5.74) is 3.71. The Bertz CT molecular complexity index is 573. The van der Waals surface area contributed by atoms with Gasteiger partial charge in [0.15, 0.2) is 0 Å². The lowest BCUT2D eigenvalue weighted by Crippen LogP contribution is -2.16. The molecule has 0 unspecified atom stereocenters. The summed E-state index contributed by atoms with van der Waals surface area (Å²) in [5, 5.41) is 8.13. The average molecular weight is 320 g/mol. The van der Waals surface area contributed by atoms with Gasteiger partial charge in [-0.15, -0.1) is 0 Å². The van der Waals surface area contributed by atoms with Crippen molar-refractivity contribution >= 4 is 15.9 Å². The van der Waals surface area contributed by atoms with Gasteiger partial charge in [0.25, 0.3) is 0 Å². The molecule has 1 heterocycles. The number of hydrogen-bond donors (Lipinski definition) is 1. The van der Waals surface area contributed by atoms with Gasteiger partial charge in [0.2, 0.25) is 0 Å². The number of aromatic nitrogens is 2. The monoisotopic (exact) mass is 319 g/mol. The minimum Gasteiger partial charge on any atom is -0.310 e. The van der Waals surface area contributed by atoms with Gasteiger partial charge in [-0.3, -0.25) is 0 Å². The highest BCUT2D eigenvalue weighted by atomic mass is 79.9. The van der Waals surface area contributed by atoms with Crippen LogP contribution in [0.4, 0.5) is 0 Å². The van der Waals surface area contributed by atoms with E-state index in [-0.39, 0.29) is 0 Å². The number of rotatable bonds is 5. The smallest absolute Gasteiger partial charge is 0.0790 e. The van der Waals surface area contributed by atoms with Crippen LogP contribution in [0.5, 0.6) is 0 Å². The Balaban J connectivity index is 1.90. The SMILES string of the molecule is CCc1c(CNC2CC2)cnn1-c1ccccc1Br. The normalized spacial score (nSPS) is 14.8. The first-order chi connectivity index (χ1) is 9.29. The van der Waals surface area contributed by atoms with Crippen LogP contribution >= 0.6 is 15.9 Å². The van der Waals surface area contributed by atoms with E-state index in [0.29, 0.717) is 0 Å². The van der Waals surface area contributed by atoms with Crippen molar-refractivity contribution in [2.24, 2.45) is 0 Å². The number of hydrogen-bond acceptors (Lipinski definition) is 2. The highest BCUT2D eigenvalue weighted by Gasteiger charge is 2.21. The fourth-order valence-electron chi connectivity index (χ4n) is 2.31. The molecule has 0 bridgehead atoms. The molecule has 1 N–H and O–H groups in total. The standard InChI is InChI=1S/C15H18BrN3/c1-2-14-11(9-17-12-7-8-12)10-18-19(14)15-6-4-3-5-13(15)16/h3-6,10,12,17H,2,7-9H2,1H3. The van der Waals surface area contributed by atoms with Crippen LogP contribution in [0.1, 0.15) is 31.0 Å². The van der Waals surface area contributed by atoms with E-state index in [9.17, 15) is 0 Å². The molecule has 19 heavy (non-hydrogen) atoms. The van der Waals surface area contributed by atoms with Crippen LogP contribution in [0.3, 0.4) is 0 Å². The number of benzene rings is 1. The van der Waals surface area contributed by atoms with Crippen molar-refractivity contribution in [2.45, 2.75) is 38.8 Å². The van der Waals surface area contributed by atoms with Crippen LogP contribution in [-0.4, -0.2) is 15.8 Å². The van der Waals surface area contributed by atoms with Gasteiger partial charge in [0, 0.05) is 28.3 Å². The van der Waals surface area contributed by atoms with Crippen molar-refractivity contribution in [3.63, 3.8) is 0 Å². The Morgan fingerprint density at radius 3 is 2.84 bits per heavy atom. The summed E-state index contributed by atoms with van der Waals surface area (Å²) in [6, 6.07) is 8.95. The molecule has 0 radical (unpaired) electrons. The lowest BCUT2D eigenvalue weighted by molar-refractivity contribution is 0.680. The molecule has 4 heteroatoms. The molecule has 100 valence electrons. The van der Waals surface area contributed by atoms with Crippen LogP contribution in [0.25, 0.3) is 5.69 Å². The van der Waals surface area contributed by atoms with E-state index in [1.165, 1.54) is 24.1 Å². The largest absolute Gasteiger partial charge is 0.310 e. The van der Waals surface area contributed by atoms with E-state index >= 15 is 0 Å². The fourth-order valence-corrected chi connectivity index (χ4v) is 2.76. The molecule has 0 saturated heterocycles. The second-order valence-corrected chi connectivity index (χ2v) is 5.84. The van der Waals surface area contributed by atoms with Gasteiger partial charge in [0.1, 0.15) is 0 Å². The summed E-state index contributed by atoms with van der Waals surface area (Å²) >= 11 is 3.60. The van der Waals surface area contributed by atoms with Gasteiger partial charge >= 0.3 is 0 Å². The summed E-state index contributed by atoms with van der Waals surface area (Å²) in [6.45, 7) is 3.11. The van der Waals surface area contributed by atoms with Crippen LogP contribution < -0.4 is 5.32 Å². The fraction of sp³-hybridized carbons (Fsp3) is 0.400. The summed E-state index contributed by atoms with van der Waals surface area (Å²) in [4.78, 5) is 0. The molecule has 2 aromatic rings. The van der Waals surface area contributed by atoms with E-state index in [2.05, 4.69) is 45.4 Å². The van der Waals surface area contributed by atoms with E-state index in [0.717, 1.165) is 29.2 Å². The summed E-state index contributed by atoms with van der Waals surface area (Å²) < 4.78 is 3.13. The maximum absolute atomic E-state index is 4.56. The van der Waals surface area contributed by atoms with Crippen molar-refractivity contribution < 1.29 is 0 Å². The van der Waals surface area contributed by atoms with Crippen molar-refractivity contribution in [1.82, 2.24) is 15.1 Å². The Morgan fingerprint density at radius 1 is 1.37 bits per heavy atom. The lowest BCUT2D eigenvalue weighted by Gasteiger charge is -2.10. The Hall–Kier alpha value is -1.13. The van der Waals surface area contributed by atoms with Gasteiger partial charge in [0.05, 0.1) is 11.9 Å². The topological polar surface area (TPSA) is 29.9 Å². The highest BCUT2D eigenvalue weighted by molar-refractivity contribution is 9.10. The van der Waals surface area contributed by atoms with Crippen molar-refractivity contribution in [1.29, 1.82) is 0 Å². The van der Waals surface area contributed by atoms with E-state index in [1.807, 2.05) is 23.0 Å². The molecule has 0 amide bonds. The van der Waals surface area contributed by atoms with Crippen molar-refractivity contribution in [2.75, 3.05) is 0 Å². The molecule has 3 rings (SSSR count). The predicted octanol–water partition coefficient (Wildman–Crippen LogP) is 3.45. The maximum Gasteiger partial charge on any atom is 0.0790 e. The van der Waals surface area contributed by atoms with E-state index in [1.54, 1.807) is 0 Å². The first-order valence-corrected chi connectivity index (χ1v) is 7.63. The van der Waals surface area contributed by atoms with Crippen LogP contribution in [0.15, 0.2) is 34.9 Å². The van der Waals surface area contributed by atoms with E-state index < -0.39 is 0 Å². The molecular formula is C15H18BrN3. The molecule has 1 aromatic carbocycles. The summed E-state index contributed by atoms with van der Waals surface area (Å²) in [6.07, 6.45) is 5.62. The maximum atomic E-state index is 4.56. The third-order valence-electron chi connectivity index (χ3n) is 3.53. The van der Waals surface area contributed by atoms with Gasteiger partial charge in [-0.2, -0.15) is 5.10 Å². The Labute approximate surface area is 122 Å². The summed E-state index contributed by atoms with van der Waals surface area (Å²) in [7, 11) is 0. The van der Waals surface area contributed by atoms with Crippen LogP contribution in [0.2, 0.25) is 0 Å². The minimum atomic E-state index is 0.733. The molecule has 1 aliphatic carbocycles. The first-order valence-electron chi connectivity index (χ1n) is 6.83. The zero-order valence-corrected chi connectivity index (χ0v) is 12.7. The molecule has 1 aromatic heterocycles. The molecule has 1 aliphatic rings. The van der Waals surface area contributed by atoms with Crippen LogP contribution in [-0.2, 0) is 13.0 Å². The van der Waals surface area contributed by atoms with Gasteiger partial charge in [-0.05, 0) is 47.3 Å². The van der Waals surface area contributed by atoms with Gasteiger partial charge < -0.3 is 5.32 Å². The zero-order valence-electron chi connectivity index (χ0n) is 11.1. The lowest BCUT2D eigenvalue weighted by atomic mass is 10.2. The number of halogens is 1. The molecule has 0 atom stereocenters. The van der Waals surface area contributed by atoms with Gasteiger partial charge in [-0.25, -0.2) is 4.68 Å². The Morgan fingerprint density at radius 2 is 2.16 bits per heavy atom. The van der Waals surface area contributed by atoms with Crippen molar-refractivity contribution in [3.05, 3.63) is 46.2 Å². The molecule has 1 fully saturated rings. The second-order valence-electron chi connectivity index (χ2n) is 4.99. The highest BCUT2D eigenvalue weighted by Crippen LogP contribution is 2.24. The average Bonchev–Trinajstić information content (AvgIpc) is 3.16. The quantitative estimate of drug-likeness (QED) is 0.914. The second kappa shape index (κ2) is 5.47. The molecule has 0 aliphatic heterocycles.